The van der Waals surface area contributed by atoms with E-state index in [2.05, 4.69) is 34.5 Å². The lowest BCUT2D eigenvalue weighted by Gasteiger charge is -1.99. The first-order valence-corrected chi connectivity index (χ1v) is 5.20. The smallest absolute Gasteiger partial charge is 0.253 e. The van der Waals surface area contributed by atoms with E-state index in [0.29, 0.717) is 6.42 Å². The number of aryl methyl sites for hydroxylation is 1. The van der Waals surface area contributed by atoms with Crippen LogP contribution < -0.4 is 4.57 Å². The van der Waals surface area contributed by atoms with Gasteiger partial charge in [0, 0.05) is 20.5 Å². The molecule has 0 spiro atoms. The highest BCUT2D eigenvalue weighted by Gasteiger charge is 2.10. The van der Waals surface area contributed by atoms with Crippen LogP contribution in [0.5, 0.6) is 0 Å². The van der Waals surface area contributed by atoms with Gasteiger partial charge in [-0.3, -0.25) is 0 Å². The first-order valence-electron chi connectivity index (χ1n) is 5.20. The Morgan fingerprint density at radius 2 is 2.40 bits per heavy atom. The van der Waals surface area contributed by atoms with Crippen LogP contribution >= 0.6 is 0 Å². The maximum Gasteiger partial charge on any atom is 0.253 e. The summed E-state index contributed by atoms with van der Waals surface area (Å²) >= 11 is 0. The molecular formula is C11H18N3O+. The third kappa shape index (κ3) is 3.37. The van der Waals surface area contributed by atoms with Gasteiger partial charge in [-0.1, -0.05) is 0 Å². The monoisotopic (exact) mass is 208 g/mol. The molecule has 15 heavy (non-hydrogen) atoms. The van der Waals surface area contributed by atoms with Crippen molar-refractivity contribution in [1.29, 1.82) is 5.26 Å². The highest BCUT2D eigenvalue weighted by molar-refractivity contribution is 4.79. The minimum Gasteiger partial charge on any atom is -0.381 e. The van der Waals surface area contributed by atoms with Crippen LogP contribution in [0.1, 0.15) is 18.7 Å². The second kappa shape index (κ2) is 6.20. The number of rotatable bonds is 6. The van der Waals surface area contributed by atoms with E-state index < -0.39 is 0 Å². The highest BCUT2D eigenvalue weighted by Crippen LogP contribution is 1.95. The summed E-state index contributed by atoms with van der Waals surface area (Å²) in [4.78, 5) is 0. The molecule has 0 bridgehead atoms. The number of aromatic nitrogens is 2. The molecule has 1 aromatic heterocycles. The summed E-state index contributed by atoms with van der Waals surface area (Å²) in [7, 11) is 1.71. The van der Waals surface area contributed by atoms with Crippen molar-refractivity contribution in [2.45, 2.75) is 32.9 Å². The Balaban J connectivity index is 2.51. The Morgan fingerprint density at radius 3 is 3.07 bits per heavy atom. The fraction of sp³-hybridized carbons (Fsp3) is 0.636. The molecule has 0 aliphatic heterocycles. The van der Waals surface area contributed by atoms with E-state index in [1.54, 1.807) is 7.11 Å². The van der Waals surface area contributed by atoms with E-state index in [4.69, 9.17) is 10.00 Å². The van der Waals surface area contributed by atoms with E-state index >= 15 is 0 Å². The molecule has 0 N–H and O–H groups in total. The van der Waals surface area contributed by atoms with Crippen molar-refractivity contribution in [3.05, 3.63) is 18.2 Å². The van der Waals surface area contributed by atoms with Crippen LogP contribution in [0.15, 0.2) is 12.4 Å². The molecule has 0 radical (unpaired) electrons. The van der Waals surface area contributed by atoms with E-state index in [9.17, 15) is 0 Å². The molecule has 0 aliphatic rings. The molecular weight excluding hydrogens is 190 g/mol. The van der Waals surface area contributed by atoms with Crippen molar-refractivity contribution in [3.63, 3.8) is 0 Å². The third-order valence-electron chi connectivity index (χ3n) is 2.48. The summed E-state index contributed by atoms with van der Waals surface area (Å²) in [5.74, 6) is 1.21. The number of ether oxygens (including phenoxy) is 1. The summed E-state index contributed by atoms with van der Waals surface area (Å²) in [5.41, 5.74) is 0. The fourth-order valence-corrected chi connectivity index (χ4v) is 1.53. The molecule has 0 atom stereocenters. The molecule has 0 amide bonds. The Bertz CT molecular complexity index is 338. The molecule has 0 aromatic carbocycles. The van der Waals surface area contributed by atoms with Crippen molar-refractivity contribution >= 4 is 0 Å². The molecule has 1 rings (SSSR count). The van der Waals surface area contributed by atoms with Crippen LogP contribution in [-0.2, 0) is 17.8 Å². The van der Waals surface area contributed by atoms with Gasteiger partial charge >= 0.3 is 0 Å². The zero-order chi connectivity index (χ0) is 11.1. The van der Waals surface area contributed by atoms with Crippen LogP contribution in [0, 0.1) is 18.3 Å². The van der Waals surface area contributed by atoms with Crippen molar-refractivity contribution in [3.8, 4) is 6.07 Å². The molecule has 0 saturated carbocycles. The minimum atomic E-state index is 0.621. The van der Waals surface area contributed by atoms with Crippen LogP contribution in [0.4, 0.5) is 0 Å². The lowest BCUT2D eigenvalue weighted by molar-refractivity contribution is -0.702. The number of hydrogen-bond acceptors (Lipinski definition) is 2. The lowest BCUT2D eigenvalue weighted by atomic mass is 10.3. The summed E-state index contributed by atoms with van der Waals surface area (Å²) in [6.45, 7) is 4.61. The minimum absolute atomic E-state index is 0.621. The van der Waals surface area contributed by atoms with Crippen molar-refractivity contribution < 1.29 is 9.30 Å². The molecule has 0 saturated heterocycles. The molecule has 0 fully saturated rings. The quantitative estimate of drug-likeness (QED) is 0.517. The van der Waals surface area contributed by atoms with E-state index in [1.807, 2.05) is 0 Å². The molecule has 4 nitrogen and oxygen atoms in total. The largest absolute Gasteiger partial charge is 0.381 e. The van der Waals surface area contributed by atoms with Crippen molar-refractivity contribution in [1.82, 2.24) is 4.57 Å². The second-order valence-electron chi connectivity index (χ2n) is 3.49. The average Bonchev–Trinajstić information content (AvgIpc) is 2.58. The number of imidazole rings is 1. The predicted octanol–water partition coefficient (Wildman–Crippen LogP) is 1.03. The Morgan fingerprint density at radius 1 is 1.60 bits per heavy atom. The van der Waals surface area contributed by atoms with Crippen molar-refractivity contribution in [2.24, 2.45) is 0 Å². The summed E-state index contributed by atoms with van der Waals surface area (Å²) < 4.78 is 9.37. The predicted molar refractivity (Wildman–Crippen MR) is 56.1 cm³/mol. The lowest BCUT2D eigenvalue weighted by Crippen LogP contribution is -2.35. The van der Waals surface area contributed by atoms with Gasteiger partial charge in [-0.2, -0.15) is 5.26 Å². The van der Waals surface area contributed by atoms with E-state index in [1.165, 1.54) is 5.82 Å². The maximum atomic E-state index is 8.45. The zero-order valence-corrected chi connectivity index (χ0v) is 9.44. The van der Waals surface area contributed by atoms with Gasteiger partial charge < -0.3 is 4.74 Å². The molecule has 82 valence electrons. The molecule has 0 unspecified atom stereocenters. The number of nitrogens with zero attached hydrogens (tertiary/aromatic N) is 3. The van der Waals surface area contributed by atoms with Crippen LogP contribution in [0.3, 0.4) is 0 Å². The van der Waals surface area contributed by atoms with Crippen LogP contribution in [0.2, 0.25) is 0 Å². The maximum absolute atomic E-state index is 8.45. The summed E-state index contributed by atoms with van der Waals surface area (Å²) in [6, 6.07) is 2.16. The summed E-state index contributed by atoms with van der Waals surface area (Å²) in [6.07, 6.45) is 5.65. The number of nitriles is 1. The van der Waals surface area contributed by atoms with Gasteiger partial charge in [0.25, 0.3) is 5.82 Å². The Kier molecular flexibility index (Phi) is 4.85. The van der Waals surface area contributed by atoms with Gasteiger partial charge in [0.2, 0.25) is 0 Å². The Labute approximate surface area is 90.7 Å². The van der Waals surface area contributed by atoms with Crippen LogP contribution in [-0.4, -0.2) is 18.3 Å². The third-order valence-corrected chi connectivity index (χ3v) is 2.48. The summed E-state index contributed by atoms with van der Waals surface area (Å²) in [5, 5.41) is 8.45. The van der Waals surface area contributed by atoms with Gasteiger partial charge in [0.05, 0.1) is 19.2 Å². The average molecular weight is 208 g/mol. The van der Waals surface area contributed by atoms with E-state index in [-0.39, 0.29) is 0 Å². The first-order chi connectivity index (χ1) is 7.29. The van der Waals surface area contributed by atoms with Gasteiger partial charge in [-0.15, -0.1) is 0 Å². The van der Waals surface area contributed by atoms with Gasteiger partial charge in [0.1, 0.15) is 18.9 Å². The second-order valence-corrected chi connectivity index (χ2v) is 3.49. The number of methoxy groups -OCH3 is 1. The van der Waals surface area contributed by atoms with Gasteiger partial charge in [-0.25, -0.2) is 9.13 Å². The van der Waals surface area contributed by atoms with Gasteiger partial charge in [0.15, 0.2) is 0 Å². The normalized spacial score (nSPS) is 10.2. The SMILES string of the molecule is COCCn1cc[n+](CCCC#N)c1C. The molecule has 0 aliphatic carbocycles. The Hall–Kier alpha value is -1.34. The zero-order valence-electron chi connectivity index (χ0n) is 9.44. The van der Waals surface area contributed by atoms with Gasteiger partial charge in [-0.05, 0) is 6.42 Å². The first kappa shape index (κ1) is 11.7. The van der Waals surface area contributed by atoms with E-state index in [0.717, 1.165) is 26.1 Å². The number of hydrogen-bond donors (Lipinski definition) is 0. The highest BCUT2D eigenvalue weighted by atomic mass is 16.5. The molecule has 4 heteroatoms. The standard InChI is InChI=1S/C11H18N3O/c1-11-13(6-4-3-5-12)7-8-14(11)9-10-15-2/h7-8H,3-4,6,9-10H2,1-2H3/q+1. The topological polar surface area (TPSA) is 41.8 Å². The van der Waals surface area contributed by atoms with Crippen LogP contribution in [0.25, 0.3) is 0 Å². The molecule has 1 aromatic rings. The fourth-order valence-electron chi connectivity index (χ4n) is 1.53. The number of unbranched alkanes of at least 4 members (excludes halogenated alkanes) is 1. The van der Waals surface area contributed by atoms with Crippen molar-refractivity contribution in [2.75, 3.05) is 13.7 Å². The molecule has 1 heterocycles.